The van der Waals surface area contributed by atoms with Gasteiger partial charge >= 0.3 is 184 Å². The molecule has 0 atom stereocenters. The Hall–Kier alpha value is -1.95. The molecule has 5 rings (SSSR count). The first-order chi connectivity index (χ1) is 14.6. The van der Waals surface area contributed by atoms with Crippen molar-refractivity contribution in [1.29, 1.82) is 0 Å². The second kappa shape index (κ2) is 8.29. The Kier molecular flexibility index (Phi) is 5.53. The fraction of sp³-hybridized carbons (Fsp3) is 0.417. The molecule has 1 aliphatic heterocycles. The number of benzene rings is 2. The van der Waals surface area contributed by atoms with Crippen molar-refractivity contribution in [3.8, 4) is 5.69 Å². The van der Waals surface area contributed by atoms with Gasteiger partial charge in [0.25, 0.3) is 0 Å². The molecule has 2 aromatic carbocycles. The van der Waals surface area contributed by atoms with Crippen LogP contribution in [-0.2, 0) is 19.7 Å². The predicted octanol–water partition coefficient (Wildman–Crippen LogP) is 4.74. The zero-order valence-corrected chi connectivity index (χ0v) is 18.1. The minimum absolute atomic E-state index is 0.122. The van der Waals surface area contributed by atoms with Crippen LogP contribution in [0.15, 0.2) is 42.5 Å². The van der Waals surface area contributed by atoms with Gasteiger partial charge < -0.3 is 0 Å². The van der Waals surface area contributed by atoms with Crippen LogP contribution in [0.2, 0.25) is 5.02 Å². The van der Waals surface area contributed by atoms with Gasteiger partial charge in [-0.2, -0.15) is 0 Å². The molecule has 1 saturated carbocycles. The fourth-order valence-electron chi connectivity index (χ4n) is 5.34. The van der Waals surface area contributed by atoms with Gasteiger partial charge in [0, 0.05) is 0 Å². The molecule has 2 heterocycles. The van der Waals surface area contributed by atoms with Crippen LogP contribution in [0.1, 0.15) is 65.6 Å². The van der Waals surface area contributed by atoms with Gasteiger partial charge in [-0.25, -0.2) is 0 Å². The molecular weight excluding hydrogens is 393 g/mol. The van der Waals surface area contributed by atoms with E-state index in [-0.39, 0.29) is 6.61 Å². The zero-order valence-electron chi connectivity index (χ0n) is 17.4. The van der Waals surface area contributed by atoms with E-state index in [4.69, 9.17) is 16.5 Å². The van der Waals surface area contributed by atoms with Crippen molar-refractivity contribution in [2.75, 3.05) is 7.05 Å². The van der Waals surface area contributed by atoms with Crippen molar-refractivity contribution < 1.29 is 5.11 Å². The van der Waals surface area contributed by atoms with Crippen molar-refractivity contribution in [2.45, 2.75) is 57.2 Å². The van der Waals surface area contributed by atoms with E-state index in [1.165, 1.54) is 28.2 Å². The van der Waals surface area contributed by atoms with E-state index < -0.39 is 0 Å². The van der Waals surface area contributed by atoms with E-state index in [1.54, 1.807) is 0 Å². The van der Waals surface area contributed by atoms with Crippen molar-refractivity contribution in [2.24, 2.45) is 0 Å². The number of rotatable bonds is 3. The summed E-state index contributed by atoms with van der Waals surface area (Å²) in [5, 5.41) is 10.5. The molecule has 0 bridgehead atoms. The van der Waals surface area contributed by atoms with Crippen LogP contribution < -0.4 is 0 Å². The molecule has 1 N–H and O–H groups in total. The van der Waals surface area contributed by atoms with Crippen LogP contribution >= 0.6 is 11.6 Å². The van der Waals surface area contributed by atoms with Gasteiger partial charge in [-0.15, -0.1) is 0 Å². The molecule has 30 heavy (non-hydrogen) atoms. The van der Waals surface area contributed by atoms with Crippen LogP contribution in [0.25, 0.3) is 5.69 Å². The molecule has 2 aliphatic rings. The molecule has 0 saturated heterocycles. The average Bonchev–Trinajstić information content (AvgIpc) is 3.11. The number of aliphatic hydroxyl groups excluding tert-OH is 1. The summed E-state index contributed by atoms with van der Waals surface area (Å²) in [6.45, 7) is 1.90. The van der Waals surface area contributed by atoms with E-state index in [2.05, 4.69) is 53.9 Å². The fourth-order valence-corrected chi connectivity index (χ4v) is 5.54. The van der Waals surface area contributed by atoms with E-state index in [0.717, 1.165) is 49.4 Å². The summed E-state index contributed by atoms with van der Waals surface area (Å²) < 4.78 is 2.39. The van der Waals surface area contributed by atoms with E-state index in [0.29, 0.717) is 11.8 Å². The summed E-state index contributed by atoms with van der Waals surface area (Å²) in [6, 6.07) is 14.6. The Morgan fingerprint density at radius 3 is 2.63 bits per heavy atom. The average molecular weight is 420 g/mol. The third-order valence-electron chi connectivity index (χ3n) is 6.77. The second-order valence-electron chi connectivity index (χ2n) is 8.79. The molecule has 6 heteroatoms. The molecule has 0 amide bonds. The van der Waals surface area contributed by atoms with E-state index in [1.807, 2.05) is 12.1 Å². The number of halogens is 1. The van der Waals surface area contributed by atoms with Gasteiger partial charge in [-0.3, -0.25) is 0 Å². The first-order valence-corrected chi connectivity index (χ1v) is 11.2. The zero-order chi connectivity index (χ0) is 20.7. The Morgan fingerprint density at radius 2 is 1.83 bits per heavy atom. The summed E-state index contributed by atoms with van der Waals surface area (Å²) in [4.78, 5) is 7.24. The number of fused-ring (bicyclic) bond motifs is 3. The maximum atomic E-state index is 9.72. The number of hydrogen-bond acceptors (Lipinski definition) is 3. The predicted molar refractivity (Wildman–Crippen MR) is 121 cm³/mol. The van der Waals surface area contributed by atoms with Crippen LogP contribution in [-0.4, -0.2) is 33.6 Å². The van der Waals surface area contributed by atoms with Crippen LogP contribution in [0.4, 0.5) is 0 Å². The SMILES string of the molecule is CN1Cc2cc(Cl)ccc2-n2c(bnc2C2CCC(c3ccccc3CO)CC2)C1. The normalized spacial score (nSPS) is 21.6. The van der Waals surface area contributed by atoms with Gasteiger partial charge in [0.05, 0.1) is 0 Å². The monoisotopic (exact) mass is 419 g/mol. The van der Waals surface area contributed by atoms with Crippen molar-refractivity contribution in [3.63, 3.8) is 0 Å². The van der Waals surface area contributed by atoms with E-state index in [9.17, 15) is 5.11 Å². The number of hydrogen-bond donors (Lipinski definition) is 1. The molecule has 0 spiro atoms. The Labute approximate surface area is 183 Å². The minimum atomic E-state index is 0.122. The van der Waals surface area contributed by atoms with Crippen LogP contribution in [0.5, 0.6) is 0 Å². The van der Waals surface area contributed by atoms with Crippen LogP contribution in [0.3, 0.4) is 0 Å². The molecule has 1 fully saturated rings. The van der Waals surface area contributed by atoms with Crippen molar-refractivity contribution in [1.82, 2.24) is 14.4 Å². The summed E-state index contributed by atoms with van der Waals surface area (Å²) in [7, 11) is 4.21. The molecule has 3 aromatic rings. The molecule has 1 aromatic heterocycles. The molecule has 0 unspecified atom stereocenters. The third-order valence-corrected chi connectivity index (χ3v) is 7.01. The molecule has 4 nitrogen and oxygen atoms in total. The van der Waals surface area contributed by atoms with Crippen molar-refractivity contribution in [3.05, 3.63) is 75.6 Å². The van der Waals surface area contributed by atoms with Crippen molar-refractivity contribution >= 4 is 18.7 Å². The van der Waals surface area contributed by atoms with Gasteiger partial charge in [0.15, 0.2) is 0 Å². The Morgan fingerprint density at radius 1 is 1.07 bits per heavy atom. The molecule has 1 aliphatic carbocycles. The molecular formula is C24H27BClN3O. The van der Waals surface area contributed by atoms with Gasteiger partial charge in [0.2, 0.25) is 0 Å². The number of nitrogens with zero attached hydrogens (tertiary/aromatic N) is 3. The topological polar surface area (TPSA) is 41.3 Å². The van der Waals surface area contributed by atoms with Gasteiger partial charge in [-0.05, 0) is 0 Å². The third kappa shape index (κ3) is 3.64. The quantitative estimate of drug-likeness (QED) is 0.666. The number of aromatic nitrogens is 2. The summed E-state index contributed by atoms with van der Waals surface area (Å²) in [5.74, 6) is 2.18. The summed E-state index contributed by atoms with van der Waals surface area (Å²) in [5.41, 5.74) is 6.13. The van der Waals surface area contributed by atoms with Crippen LogP contribution in [0, 0.1) is 0 Å². The Bertz CT molecular complexity index is 1060. The number of aliphatic hydroxyl groups is 1. The summed E-state index contributed by atoms with van der Waals surface area (Å²) in [6.07, 6.45) is 4.52. The first-order valence-electron chi connectivity index (χ1n) is 10.9. The van der Waals surface area contributed by atoms with Gasteiger partial charge in [0.1, 0.15) is 0 Å². The Balaban J connectivity index is 1.44. The first kappa shape index (κ1) is 20.0. The summed E-state index contributed by atoms with van der Waals surface area (Å²) >= 11 is 6.30. The molecule has 0 radical (unpaired) electrons. The second-order valence-corrected chi connectivity index (χ2v) is 9.23. The molecule has 154 valence electrons. The van der Waals surface area contributed by atoms with Gasteiger partial charge in [-0.1, -0.05) is 0 Å². The standard InChI is InChI=1S/C24H27BClN3O/c1-28-13-19-12-20(26)10-11-22(19)29-23(14-28)25-27-24(29)17-8-6-16(7-9-17)21-5-3-2-4-18(21)15-30/h2-5,10-12,16-17,30H,6-9,13-15H2,1H3. The maximum absolute atomic E-state index is 9.72. The van der Waals surface area contributed by atoms with E-state index >= 15 is 0 Å².